The van der Waals surface area contributed by atoms with Gasteiger partial charge >= 0.3 is 0 Å². The lowest BCUT2D eigenvalue weighted by molar-refractivity contribution is -0.116. The van der Waals surface area contributed by atoms with Crippen molar-refractivity contribution >= 4 is 28.9 Å². The summed E-state index contributed by atoms with van der Waals surface area (Å²) in [6, 6.07) is 22.9. The van der Waals surface area contributed by atoms with E-state index in [1.165, 1.54) is 24.3 Å². The van der Waals surface area contributed by atoms with Crippen molar-refractivity contribution in [1.29, 1.82) is 0 Å². The van der Waals surface area contributed by atoms with Crippen LogP contribution in [0, 0.1) is 5.82 Å². The van der Waals surface area contributed by atoms with Gasteiger partial charge in [0.15, 0.2) is 5.11 Å². The molecule has 1 fully saturated rings. The summed E-state index contributed by atoms with van der Waals surface area (Å²) in [5.74, 6) is 0.204. The van der Waals surface area contributed by atoms with E-state index < -0.39 is 0 Å². The van der Waals surface area contributed by atoms with Gasteiger partial charge in [0, 0.05) is 36.7 Å². The topological polar surface area (TPSA) is 71.4 Å². The number of para-hydroxylation sites is 2. The Bertz CT molecular complexity index is 1390. The van der Waals surface area contributed by atoms with Crippen LogP contribution in [0.5, 0.6) is 5.75 Å². The number of thiocarbonyl (C=S) groups is 1. The Morgan fingerprint density at radius 1 is 1.08 bits per heavy atom. The number of methoxy groups -OCH3 is 1. The maximum atomic E-state index is 13.2. The molecule has 1 aliphatic rings. The molecule has 2 aromatic carbocycles. The van der Waals surface area contributed by atoms with E-state index >= 15 is 0 Å². The molecule has 0 aliphatic carbocycles. The van der Waals surface area contributed by atoms with Gasteiger partial charge in [-0.05, 0) is 72.9 Å². The first-order valence-corrected chi connectivity index (χ1v) is 12.3. The zero-order valence-electron chi connectivity index (χ0n) is 20.2. The second-order valence-electron chi connectivity index (χ2n) is 8.60. The van der Waals surface area contributed by atoms with Gasteiger partial charge in [-0.15, -0.1) is 0 Å². The first-order valence-electron chi connectivity index (χ1n) is 11.9. The number of anilines is 1. The highest BCUT2D eigenvalue weighted by molar-refractivity contribution is 7.80. The van der Waals surface area contributed by atoms with Crippen LogP contribution >= 0.6 is 12.2 Å². The number of carbonyl (C=O) groups is 1. The minimum atomic E-state index is -0.354. The molecular formula is C28H26FN5O2S. The summed E-state index contributed by atoms with van der Waals surface area (Å²) in [5, 5.41) is 6.79. The van der Waals surface area contributed by atoms with Gasteiger partial charge in [-0.1, -0.05) is 18.2 Å². The van der Waals surface area contributed by atoms with Gasteiger partial charge in [-0.3, -0.25) is 9.78 Å². The minimum Gasteiger partial charge on any atom is -0.495 e. The number of hydrogen-bond acceptors (Lipinski definition) is 4. The molecule has 0 bridgehead atoms. The van der Waals surface area contributed by atoms with Crippen LogP contribution in [0.1, 0.15) is 29.9 Å². The first kappa shape index (κ1) is 24.5. The number of halogens is 1. The minimum absolute atomic E-state index is 0.186. The SMILES string of the molecule is COc1ccccc1-n1cccc1C1C(c2ccccn2)NC(=S)N1CCC(=O)Nc1ccc(F)cc1. The summed E-state index contributed by atoms with van der Waals surface area (Å²) in [7, 11) is 1.65. The number of aromatic nitrogens is 2. The molecule has 0 radical (unpaired) electrons. The van der Waals surface area contributed by atoms with Crippen LogP contribution in [0.3, 0.4) is 0 Å². The Hall–Kier alpha value is -4.24. The third kappa shape index (κ3) is 5.17. The zero-order valence-corrected chi connectivity index (χ0v) is 21.0. The Kier molecular flexibility index (Phi) is 7.14. The number of pyridine rings is 1. The molecule has 2 unspecified atom stereocenters. The number of ether oxygens (including phenoxy) is 1. The summed E-state index contributed by atoms with van der Waals surface area (Å²) >= 11 is 5.75. The molecule has 2 atom stereocenters. The third-order valence-corrected chi connectivity index (χ3v) is 6.69. The van der Waals surface area contributed by atoms with Crippen molar-refractivity contribution < 1.29 is 13.9 Å². The molecule has 2 aromatic heterocycles. The number of hydrogen-bond donors (Lipinski definition) is 2. The molecule has 37 heavy (non-hydrogen) atoms. The fourth-order valence-electron chi connectivity index (χ4n) is 4.63. The van der Waals surface area contributed by atoms with Crippen molar-refractivity contribution in [3.8, 4) is 11.4 Å². The lowest BCUT2D eigenvalue weighted by Gasteiger charge is -2.29. The van der Waals surface area contributed by atoms with Crippen molar-refractivity contribution in [1.82, 2.24) is 19.8 Å². The van der Waals surface area contributed by atoms with Crippen LogP contribution in [0.25, 0.3) is 5.69 Å². The van der Waals surface area contributed by atoms with Gasteiger partial charge in [0.2, 0.25) is 5.91 Å². The predicted molar refractivity (Wildman–Crippen MR) is 144 cm³/mol. The van der Waals surface area contributed by atoms with E-state index in [0.29, 0.717) is 17.3 Å². The zero-order chi connectivity index (χ0) is 25.8. The Labute approximate surface area is 219 Å². The largest absolute Gasteiger partial charge is 0.495 e. The maximum Gasteiger partial charge on any atom is 0.226 e. The number of nitrogens with zero attached hydrogens (tertiary/aromatic N) is 3. The first-order chi connectivity index (χ1) is 18.0. The molecule has 2 N–H and O–H groups in total. The second kappa shape index (κ2) is 10.8. The molecule has 5 rings (SSSR count). The highest BCUT2D eigenvalue weighted by Crippen LogP contribution is 2.40. The summed E-state index contributed by atoms with van der Waals surface area (Å²) in [5.41, 5.74) is 3.27. The average molecular weight is 516 g/mol. The number of amides is 1. The molecule has 9 heteroatoms. The van der Waals surface area contributed by atoms with E-state index in [1.807, 2.05) is 65.7 Å². The van der Waals surface area contributed by atoms with Crippen LogP contribution in [-0.2, 0) is 4.79 Å². The van der Waals surface area contributed by atoms with E-state index in [4.69, 9.17) is 17.0 Å². The Morgan fingerprint density at radius 2 is 1.86 bits per heavy atom. The predicted octanol–water partition coefficient (Wildman–Crippen LogP) is 5.02. The molecule has 0 spiro atoms. The fourth-order valence-corrected chi connectivity index (χ4v) is 4.96. The standard InChI is InChI=1S/C28H26FN5O2S/c1-36-24-10-3-2-8-22(24)33-17-6-9-23(33)27-26(21-7-4-5-16-30-21)32-28(37)34(27)18-15-25(35)31-20-13-11-19(29)12-14-20/h2-14,16-17,26-27H,15,18H2,1H3,(H,31,35)(H,32,37). The highest BCUT2D eigenvalue weighted by Gasteiger charge is 2.41. The molecule has 7 nitrogen and oxygen atoms in total. The second-order valence-corrected chi connectivity index (χ2v) is 8.99. The van der Waals surface area contributed by atoms with E-state index in [0.717, 1.165) is 22.8 Å². The molecule has 0 saturated carbocycles. The molecule has 3 heterocycles. The summed E-state index contributed by atoms with van der Waals surface area (Å²) < 4.78 is 20.9. The van der Waals surface area contributed by atoms with Gasteiger partial charge in [-0.2, -0.15) is 0 Å². The third-order valence-electron chi connectivity index (χ3n) is 6.33. The Balaban J connectivity index is 1.45. The lowest BCUT2D eigenvalue weighted by atomic mass is 10.0. The van der Waals surface area contributed by atoms with Gasteiger partial charge < -0.3 is 24.8 Å². The molecule has 1 aliphatic heterocycles. The van der Waals surface area contributed by atoms with Crippen molar-refractivity contribution in [2.45, 2.75) is 18.5 Å². The van der Waals surface area contributed by atoms with Crippen LogP contribution in [0.2, 0.25) is 0 Å². The maximum absolute atomic E-state index is 13.2. The molecule has 1 amide bonds. The molecule has 188 valence electrons. The number of nitrogens with one attached hydrogen (secondary N) is 2. The monoisotopic (exact) mass is 515 g/mol. The molecular weight excluding hydrogens is 489 g/mol. The van der Waals surface area contributed by atoms with E-state index in [1.54, 1.807) is 13.3 Å². The fraction of sp³-hybridized carbons (Fsp3) is 0.179. The average Bonchev–Trinajstić information content (AvgIpc) is 3.53. The number of rotatable bonds is 8. The van der Waals surface area contributed by atoms with Crippen molar-refractivity contribution in [3.63, 3.8) is 0 Å². The molecule has 4 aromatic rings. The van der Waals surface area contributed by atoms with Gasteiger partial charge in [0.25, 0.3) is 0 Å². The van der Waals surface area contributed by atoms with Crippen LogP contribution in [0.15, 0.2) is 91.3 Å². The van der Waals surface area contributed by atoms with Crippen molar-refractivity contribution in [2.24, 2.45) is 0 Å². The number of benzene rings is 2. The van der Waals surface area contributed by atoms with Crippen LogP contribution < -0.4 is 15.4 Å². The number of carbonyl (C=O) groups excluding carboxylic acids is 1. The van der Waals surface area contributed by atoms with Crippen molar-refractivity contribution in [3.05, 3.63) is 108 Å². The van der Waals surface area contributed by atoms with E-state index in [-0.39, 0.29) is 30.2 Å². The van der Waals surface area contributed by atoms with E-state index in [9.17, 15) is 9.18 Å². The summed E-state index contributed by atoms with van der Waals surface area (Å²) in [6.45, 7) is 0.379. The lowest BCUT2D eigenvalue weighted by Crippen LogP contribution is -2.33. The highest BCUT2D eigenvalue weighted by atomic mass is 32.1. The van der Waals surface area contributed by atoms with Gasteiger partial charge in [-0.25, -0.2) is 4.39 Å². The van der Waals surface area contributed by atoms with Gasteiger partial charge in [0.05, 0.1) is 30.6 Å². The normalized spacial score (nSPS) is 16.9. The van der Waals surface area contributed by atoms with Crippen LogP contribution in [0.4, 0.5) is 10.1 Å². The summed E-state index contributed by atoms with van der Waals surface area (Å²) in [6.07, 6.45) is 3.94. The van der Waals surface area contributed by atoms with Crippen LogP contribution in [-0.4, -0.2) is 39.1 Å². The quantitative estimate of drug-likeness (QED) is 0.321. The van der Waals surface area contributed by atoms with Crippen molar-refractivity contribution in [2.75, 3.05) is 19.0 Å². The smallest absolute Gasteiger partial charge is 0.226 e. The van der Waals surface area contributed by atoms with Gasteiger partial charge in [0.1, 0.15) is 11.6 Å². The Morgan fingerprint density at radius 3 is 2.62 bits per heavy atom. The van der Waals surface area contributed by atoms with E-state index in [2.05, 4.69) is 20.2 Å². The summed E-state index contributed by atoms with van der Waals surface area (Å²) in [4.78, 5) is 19.4. The molecule has 1 saturated heterocycles.